The standard InChI is InChI=1S/C16H24O4/c1-12-5-6-13(2)15(11-12)16(17)14(3)20-10-9-19-8-7-18-4/h5-6,11,14H,7-10H2,1-4H3. The number of ketones is 1. The Kier molecular flexibility index (Phi) is 7.44. The Morgan fingerprint density at radius 3 is 2.55 bits per heavy atom. The van der Waals surface area contributed by atoms with Gasteiger partial charge in [-0.05, 0) is 32.4 Å². The molecule has 0 fully saturated rings. The first kappa shape index (κ1) is 16.8. The zero-order chi connectivity index (χ0) is 15.0. The van der Waals surface area contributed by atoms with E-state index >= 15 is 0 Å². The molecule has 0 saturated carbocycles. The van der Waals surface area contributed by atoms with E-state index in [9.17, 15) is 4.79 Å². The molecule has 20 heavy (non-hydrogen) atoms. The van der Waals surface area contributed by atoms with Gasteiger partial charge in [0.05, 0.1) is 26.4 Å². The number of carbonyl (C=O) groups excluding carboxylic acids is 1. The molecule has 4 nitrogen and oxygen atoms in total. The quantitative estimate of drug-likeness (QED) is 0.515. The Hall–Kier alpha value is -1.23. The highest BCUT2D eigenvalue weighted by atomic mass is 16.5. The van der Waals surface area contributed by atoms with E-state index in [0.29, 0.717) is 26.4 Å². The zero-order valence-corrected chi connectivity index (χ0v) is 12.8. The van der Waals surface area contributed by atoms with Gasteiger partial charge in [-0.2, -0.15) is 0 Å². The van der Waals surface area contributed by atoms with E-state index in [1.165, 1.54) is 0 Å². The molecule has 112 valence electrons. The fourth-order valence-corrected chi connectivity index (χ4v) is 1.82. The van der Waals surface area contributed by atoms with E-state index in [1.54, 1.807) is 14.0 Å². The van der Waals surface area contributed by atoms with E-state index in [1.807, 2.05) is 32.0 Å². The number of ether oxygens (including phenoxy) is 3. The Morgan fingerprint density at radius 2 is 1.85 bits per heavy atom. The Bertz CT molecular complexity index is 428. The number of hydrogen-bond donors (Lipinski definition) is 0. The lowest BCUT2D eigenvalue weighted by Crippen LogP contribution is -2.24. The van der Waals surface area contributed by atoms with Crippen LogP contribution in [0.15, 0.2) is 18.2 Å². The molecule has 0 N–H and O–H groups in total. The summed E-state index contributed by atoms with van der Waals surface area (Å²) in [5, 5.41) is 0. The van der Waals surface area contributed by atoms with Crippen molar-refractivity contribution in [1.29, 1.82) is 0 Å². The summed E-state index contributed by atoms with van der Waals surface area (Å²) < 4.78 is 15.7. The molecule has 0 spiro atoms. The summed E-state index contributed by atoms with van der Waals surface area (Å²) in [5.74, 6) is 0.0168. The molecule has 0 aromatic heterocycles. The van der Waals surface area contributed by atoms with Gasteiger partial charge in [0.15, 0.2) is 5.78 Å². The van der Waals surface area contributed by atoms with Crippen molar-refractivity contribution in [3.63, 3.8) is 0 Å². The fourth-order valence-electron chi connectivity index (χ4n) is 1.82. The maximum Gasteiger partial charge on any atom is 0.191 e. The first-order valence-electron chi connectivity index (χ1n) is 6.86. The molecule has 0 radical (unpaired) electrons. The second-order valence-corrected chi connectivity index (χ2v) is 4.80. The first-order chi connectivity index (χ1) is 9.56. The van der Waals surface area contributed by atoms with E-state index in [2.05, 4.69) is 0 Å². The van der Waals surface area contributed by atoms with Crippen molar-refractivity contribution in [3.8, 4) is 0 Å². The SMILES string of the molecule is COCCOCCOC(C)C(=O)c1cc(C)ccc1C. The number of rotatable bonds is 9. The molecule has 1 atom stereocenters. The van der Waals surface area contributed by atoms with Gasteiger partial charge in [-0.25, -0.2) is 0 Å². The van der Waals surface area contributed by atoms with Crippen LogP contribution in [0.4, 0.5) is 0 Å². The van der Waals surface area contributed by atoms with Crippen LogP contribution in [0.25, 0.3) is 0 Å². The third kappa shape index (κ3) is 5.41. The summed E-state index contributed by atoms with van der Waals surface area (Å²) in [6.07, 6.45) is -0.457. The number of carbonyl (C=O) groups is 1. The molecule has 0 aliphatic carbocycles. The molecule has 0 aliphatic rings. The van der Waals surface area contributed by atoms with Gasteiger partial charge in [0.1, 0.15) is 6.10 Å². The van der Waals surface area contributed by atoms with E-state index in [0.717, 1.165) is 16.7 Å². The molecule has 1 rings (SSSR count). The number of aryl methyl sites for hydroxylation is 2. The number of methoxy groups -OCH3 is 1. The van der Waals surface area contributed by atoms with Crippen molar-refractivity contribution >= 4 is 5.78 Å². The fraction of sp³-hybridized carbons (Fsp3) is 0.562. The number of benzene rings is 1. The lowest BCUT2D eigenvalue weighted by molar-refractivity contribution is 0.00352. The maximum atomic E-state index is 12.3. The van der Waals surface area contributed by atoms with E-state index < -0.39 is 6.10 Å². The van der Waals surface area contributed by atoms with E-state index in [4.69, 9.17) is 14.2 Å². The molecule has 0 saturated heterocycles. The summed E-state index contributed by atoms with van der Waals surface area (Å²) >= 11 is 0. The Morgan fingerprint density at radius 1 is 1.15 bits per heavy atom. The van der Waals surface area contributed by atoms with E-state index in [-0.39, 0.29) is 5.78 Å². The highest BCUT2D eigenvalue weighted by molar-refractivity contribution is 6.00. The highest BCUT2D eigenvalue weighted by Crippen LogP contribution is 2.14. The summed E-state index contributed by atoms with van der Waals surface area (Å²) in [4.78, 5) is 12.3. The van der Waals surface area contributed by atoms with Crippen molar-refractivity contribution in [1.82, 2.24) is 0 Å². The van der Waals surface area contributed by atoms with Gasteiger partial charge in [-0.3, -0.25) is 4.79 Å². The van der Waals surface area contributed by atoms with Crippen LogP contribution in [0.1, 0.15) is 28.4 Å². The third-order valence-corrected chi connectivity index (χ3v) is 3.06. The second-order valence-electron chi connectivity index (χ2n) is 4.80. The molecule has 0 amide bonds. The van der Waals surface area contributed by atoms with Gasteiger partial charge in [0.25, 0.3) is 0 Å². The first-order valence-corrected chi connectivity index (χ1v) is 6.86. The van der Waals surface area contributed by atoms with Crippen molar-refractivity contribution in [2.24, 2.45) is 0 Å². The van der Waals surface area contributed by atoms with Crippen molar-refractivity contribution in [2.75, 3.05) is 33.5 Å². The van der Waals surface area contributed by atoms with Crippen molar-refractivity contribution < 1.29 is 19.0 Å². The maximum absolute atomic E-state index is 12.3. The lowest BCUT2D eigenvalue weighted by Gasteiger charge is -2.14. The Balaban J connectivity index is 2.41. The topological polar surface area (TPSA) is 44.8 Å². The summed E-state index contributed by atoms with van der Waals surface area (Å²) in [7, 11) is 1.63. The third-order valence-electron chi connectivity index (χ3n) is 3.06. The van der Waals surface area contributed by atoms with Crippen LogP contribution in [-0.4, -0.2) is 45.4 Å². The van der Waals surface area contributed by atoms with Crippen molar-refractivity contribution in [2.45, 2.75) is 26.9 Å². The van der Waals surface area contributed by atoms with Crippen LogP contribution in [0.3, 0.4) is 0 Å². The predicted molar refractivity (Wildman–Crippen MR) is 78.4 cm³/mol. The molecule has 0 heterocycles. The van der Waals surface area contributed by atoms with Gasteiger partial charge in [-0.15, -0.1) is 0 Å². The molecule has 1 aromatic rings. The summed E-state index contributed by atoms with van der Waals surface area (Å²) in [6.45, 7) is 7.67. The van der Waals surface area contributed by atoms with Gasteiger partial charge >= 0.3 is 0 Å². The average molecular weight is 280 g/mol. The largest absolute Gasteiger partial charge is 0.382 e. The zero-order valence-electron chi connectivity index (χ0n) is 12.8. The number of Topliss-reactive ketones (excluding diaryl/α,β-unsaturated/α-hetero) is 1. The molecule has 0 bridgehead atoms. The van der Waals surface area contributed by atoms with Gasteiger partial charge in [0, 0.05) is 12.7 Å². The van der Waals surface area contributed by atoms with Gasteiger partial charge < -0.3 is 14.2 Å². The minimum absolute atomic E-state index is 0.0168. The van der Waals surface area contributed by atoms with Crippen molar-refractivity contribution in [3.05, 3.63) is 34.9 Å². The molecule has 0 aliphatic heterocycles. The average Bonchev–Trinajstić information content (AvgIpc) is 2.44. The summed E-state index contributed by atoms with van der Waals surface area (Å²) in [5.41, 5.74) is 2.79. The normalized spacial score (nSPS) is 12.4. The molecule has 1 aromatic carbocycles. The van der Waals surface area contributed by atoms with Gasteiger partial charge in [-0.1, -0.05) is 17.7 Å². The van der Waals surface area contributed by atoms with Gasteiger partial charge in [0.2, 0.25) is 0 Å². The summed E-state index contributed by atoms with van der Waals surface area (Å²) in [6, 6.07) is 5.87. The van der Waals surface area contributed by atoms with Crippen LogP contribution in [0.2, 0.25) is 0 Å². The molecular formula is C16H24O4. The van der Waals surface area contributed by atoms with Crippen LogP contribution in [-0.2, 0) is 14.2 Å². The highest BCUT2D eigenvalue weighted by Gasteiger charge is 2.17. The van der Waals surface area contributed by atoms with Crippen LogP contribution >= 0.6 is 0 Å². The monoisotopic (exact) mass is 280 g/mol. The Labute approximate surface area is 121 Å². The second kappa shape index (κ2) is 8.84. The smallest absolute Gasteiger partial charge is 0.191 e. The lowest BCUT2D eigenvalue weighted by atomic mass is 9.99. The van der Waals surface area contributed by atoms with Crippen LogP contribution in [0, 0.1) is 13.8 Å². The predicted octanol–water partition coefficient (Wildman–Crippen LogP) is 2.55. The minimum atomic E-state index is -0.457. The molecular weight excluding hydrogens is 256 g/mol. The number of hydrogen-bond acceptors (Lipinski definition) is 4. The van der Waals surface area contributed by atoms with Crippen LogP contribution in [0.5, 0.6) is 0 Å². The molecule has 1 unspecified atom stereocenters. The minimum Gasteiger partial charge on any atom is -0.382 e. The molecule has 4 heteroatoms. The van der Waals surface area contributed by atoms with Crippen LogP contribution < -0.4 is 0 Å².